The highest BCUT2D eigenvalue weighted by Gasteiger charge is 2.33. The third-order valence-electron chi connectivity index (χ3n) is 5.73. The Hall–Kier alpha value is -3.09. The van der Waals surface area contributed by atoms with Crippen LogP contribution >= 0.6 is 0 Å². The summed E-state index contributed by atoms with van der Waals surface area (Å²) < 4.78 is 80.8. The number of hydrogen-bond acceptors (Lipinski definition) is 2. The molecule has 0 N–H and O–H groups in total. The standard InChI is InChI=1S/C28H29F5O2/c1-4-6-19-7-9-20(10-8-19)21-11-13-22(14-12-21)35-28(32,33)16-15-23-18(3)17-24(34-5-2)26(29)25(23)27(30)31/h7-14,17,27H,4-6,15-16H2,1-3H3. The van der Waals surface area contributed by atoms with Gasteiger partial charge in [0.1, 0.15) is 5.75 Å². The fourth-order valence-corrected chi connectivity index (χ4v) is 4.01. The van der Waals surface area contributed by atoms with Crippen molar-refractivity contribution in [2.75, 3.05) is 6.61 Å². The van der Waals surface area contributed by atoms with Crippen molar-refractivity contribution < 1.29 is 31.4 Å². The maximum absolute atomic E-state index is 14.6. The SMILES string of the molecule is CCCc1ccc(-c2ccc(OC(F)(F)CCc3c(C)cc(OCC)c(F)c3C(F)F)cc2)cc1. The van der Waals surface area contributed by atoms with E-state index in [1.165, 1.54) is 30.7 Å². The highest BCUT2D eigenvalue weighted by Crippen LogP contribution is 2.36. The van der Waals surface area contributed by atoms with Gasteiger partial charge in [-0.05, 0) is 72.7 Å². The van der Waals surface area contributed by atoms with Crippen LogP contribution in [-0.2, 0) is 12.8 Å². The largest absolute Gasteiger partial charge is 0.491 e. The first-order valence-electron chi connectivity index (χ1n) is 11.6. The molecule has 3 aromatic carbocycles. The van der Waals surface area contributed by atoms with Crippen LogP contribution in [0.3, 0.4) is 0 Å². The van der Waals surface area contributed by atoms with Gasteiger partial charge in [-0.1, -0.05) is 49.7 Å². The van der Waals surface area contributed by atoms with E-state index in [2.05, 4.69) is 6.92 Å². The van der Waals surface area contributed by atoms with Crippen LogP contribution in [0.15, 0.2) is 54.6 Å². The molecule has 0 aromatic heterocycles. The lowest BCUT2D eigenvalue weighted by Gasteiger charge is -2.21. The molecule has 0 fully saturated rings. The molecule has 0 bridgehead atoms. The summed E-state index contributed by atoms with van der Waals surface area (Å²) in [6, 6.07) is 15.5. The number of benzene rings is 3. The number of ether oxygens (including phenoxy) is 2. The van der Waals surface area contributed by atoms with Gasteiger partial charge in [0.2, 0.25) is 0 Å². The van der Waals surface area contributed by atoms with Gasteiger partial charge in [-0.25, -0.2) is 13.2 Å². The smallest absolute Gasteiger partial charge is 0.398 e. The van der Waals surface area contributed by atoms with Crippen LogP contribution in [0.1, 0.15) is 55.4 Å². The molecule has 0 aliphatic heterocycles. The Bertz CT molecular complexity index is 1110. The summed E-state index contributed by atoms with van der Waals surface area (Å²) in [6.45, 7) is 5.26. The quantitative estimate of drug-likeness (QED) is 0.249. The molecule has 3 rings (SSSR count). The van der Waals surface area contributed by atoms with Crippen molar-refractivity contribution in [3.05, 3.63) is 82.7 Å². The Balaban J connectivity index is 1.71. The van der Waals surface area contributed by atoms with Crippen molar-refractivity contribution in [3.8, 4) is 22.6 Å². The second kappa shape index (κ2) is 11.6. The van der Waals surface area contributed by atoms with Crippen molar-refractivity contribution in [1.82, 2.24) is 0 Å². The Morgan fingerprint density at radius 2 is 1.49 bits per heavy atom. The highest BCUT2D eigenvalue weighted by molar-refractivity contribution is 5.64. The monoisotopic (exact) mass is 492 g/mol. The third kappa shape index (κ3) is 6.74. The third-order valence-corrected chi connectivity index (χ3v) is 5.73. The average Bonchev–Trinajstić information content (AvgIpc) is 2.81. The highest BCUT2D eigenvalue weighted by atomic mass is 19.3. The normalized spacial score (nSPS) is 11.7. The van der Waals surface area contributed by atoms with Crippen molar-refractivity contribution in [2.45, 2.75) is 59.0 Å². The first-order valence-corrected chi connectivity index (χ1v) is 11.6. The van der Waals surface area contributed by atoms with Crippen LogP contribution < -0.4 is 9.47 Å². The van der Waals surface area contributed by atoms with E-state index in [1.54, 1.807) is 19.1 Å². The predicted molar refractivity (Wildman–Crippen MR) is 127 cm³/mol. The average molecular weight is 493 g/mol. The van der Waals surface area contributed by atoms with E-state index in [1.807, 2.05) is 24.3 Å². The van der Waals surface area contributed by atoms with Gasteiger partial charge in [0.25, 0.3) is 6.43 Å². The first kappa shape index (κ1) is 26.5. The molecular weight excluding hydrogens is 463 g/mol. The minimum atomic E-state index is -3.63. The summed E-state index contributed by atoms with van der Waals surface area (Å²) in [5.74, 6) is -1.58. The van der Waals surface area contributed by atoms with E-state index in [-0.39, 0.29) is 29.2 Å². The lowest BCUT2D eigenvalue weighted by atomic mass is 9.96. The minimum Gasteiger partial charge on any atom is -0.491 e. The van der Waals surface area contributed by atoms with E-state index in [0.717, 1.165) is 24.0 Å². The Morgan fingerprint density at radius 3 is 2.03 bits per heavy atom. The molecule has 35 heavy (non-hydrogen) atoms. The van der Waals surface area contributed by atoms with Crippen LogP contribution in [0, 0.1) is 12.7 Å². The summed E-state index contributed by atoms with van der Waals surface area (Å²) >= 11 is 0. The maximum Gasteiger partial charge on any atom is 0.398 e. The fourth-order valence-electron chi connectivity index (χ4n) is 4.01. The number of alkyl halides is 4. The zero-order chi connectivity index (χ0) is 25.6. The number of rotatable bonds is 11. The van der Waals surface area contributed by atoms with Gasteiger partial charge < -0.3 is 9.47 Å². The number of aryl methyl sites for hydroxylation is 2. The van der Waals surface area contributed by atoms with Gasteiger partial charge in [0, 0.05) is 0 Å². The second-order valence-corrected chi connectivity index (χ2v) is 8.34. The van der Waals surface area contributed by atoms with Crippen LogP contribution in [0.2, 0.25) is 0 Å². The molecule has 3 aromatic rings. The second-order valence-electron chi connectivity index (χ2n) is 8.34. The van der Waals surface area contributed by atoms with Gasteiger partial charge in [0.15, 0.2) is 11.6 Å². The molecule has 0 aliphatic carbocycles. The summed E-state index contributed by atoms with van der Waals surface area (Å²) in [7, 11) is 0. The topological polar surface area (TPSA) is 18.5 Å². The van der Waals surface area contributed by atoms with E-state index in [9.17, 15) is 22.0 Å². The molecule has 0 heterocycles. The molecule has 0 aliphatic rings. The fraction of sp³-hybridized carbons (Fsp3) is 0.357. The number of hydrogen-bond donors (Lipinski definition) is 0. The molecule has 2 nitrogen and oxygen atoms in total. The maximum atomic E-state index is 14.6. The molecule has 0 saturated carbocycles. The van der Waals surface area contributed by atoms with E-state index in [4.69, 9.17) is 9.47 Å². The van der Waals surface area contributed by atoms with Gasteiger partial charge in [-0.15, -0.1) is 0 Å². The summed E-state index contributed by atoms with van der Waals surface area (Å²) in [5, 5.41) is 0. The van der Waals surface area contributed by atoms with Gasteiger partial charge in [0.05, 0.1) is 18.6 Å². The van der Waals surface area contributed by atoms with Gasteiger partial charge >= 0.3 is 6.11 Å². The van der Waals surface area contributed by atoms with E-state index in [0.29, 0.717) is 0 Å². The Kier molecular flexibility index (Phi) is 8.76. The zero-order valence-corrected chi connectivity index (χ0v) is 20.0. The minimum absolute atomic E-state index is 0.0509. The van der Waals surface area contributed by atoms with Crippen molar-refractivity contribution >= 4 is 0 Å². The molecule has 188 valence electrons. The lowest BCUT2D eigenvalue weighted by Crippen LogP contribution is -2.26. The molecule has 0 saturated heterocycles. The molecule has 0 unspecified atom stereocenters. The van der Waals surface area contributed by atoms with Crippen molar-refractivity contribution in [3.63, 3.8) is 0 Å². The molecule has 0 spiro atoms. The number of halogens is 5. The van der Waals surface area contributed by atoms with Gasteiger partial charge in [-0.2, -0.15) is 8.78 Å². The Morgan fingerprint density at radius 1 is 0.886 bits per heavy atom. The summed E-state index contributed by atoms with van der Waals surface area (Å²) in [6.07, 6.45) is -6.13. The first-order chi connectivity index (χ1) is 16.6. The summed E-state index contributed by atoms with van der Waals surface area (Å²) in [5.41, 5.74) is 2.23. The van der Waals surface area contributed by atoms with Crippen molar-refractivity contribution in [2.24, 2.45) is 0 Å². The van der Waals surface area contributed by atoms with Gasteiger partial charge in [-0.3, -0.25) is 0 Å². The van der Waals surface area contributed by atoms with Crippen LogP contribution in [0.25, 0.3) is 11.1 Å². The summed E-state index contributed by atoms with van der Waals surface area (Å²) in [4.78, 5) is 0. The van der Waals surface area contributed by atoms with Crippen LogP contribution in [0.4, 0.5) is 22.0 Å². The zero-order valence-electron chi connectivity index (χ0n) is 20.0. The van der Waals surface area contributed by atoms with Crippen LogP contribution in [-0.4, -0.2) is 12.7 Å². The molecular formula is C28H29F5O2. The van der Waals surface area contributed by atoms with E-state index >= 15 is 0 Å². The predicted octanol–water partition coefficient (Wildman–Crippen LogP) is 8.69. The van der Waals surface area contributed by atoms with Crippen molar-refractivity contribution in [1.29, 1.82) is 0 Å². The Labute approximate surface area is 202 Å². The molecule has 0 radical (unpaired) electrons. The molecule has 7 heteroatoms. The van der Waals surface area contributed by atoms with Crippen LogP contribution in [0.5, 0.6) is 11.5 Å². The molecule has 0 amide bonds. The molecule has 0 atom stereocenters. The lowest BCUT2D eigenvalue weighted by molar-refractivity contribution is -0.180. The van der Waals surface area contributed by atoms with E-state index < -0.39 is 36.8 Å².